The predicted octanol–water partition coefficient (Wildman–Crippen LogP) is 1.96. The highest BCUT2D eigenvalue weighted by Gasteiger charge is 2.46. The quantitative estimate of drug-likeness (QED) is 0.854. The van der Waals surface area contributed by atoms with Crippen LogP contribution < -0.4 is 5.32 Å². The molecule has 1 unspecified atom stereocenters. The van der Waals surface area contributed by atoms with Crippen LogP contribution in [0.3, 0.4) is 0 Å². The average molecular weight is 383 g/mol. The number of carbonyl (C=O) groups is 1. The molecule has 1 aromatic heterocycles. The Morgan fingerprint density at radius 3 is 3.04 bits per heavy atom. The molecule has 1 atom stereocenters. The van der Waals surface area contributed by atoms with Crippen molar-refractivity contribution < 1.29 is 14.0 Å². The zero-order valence-electron chi connectivity index (χ0n) is 15.7. The molecule has 28 heavy (non-hydrogen) atoms. The SMILES string of the molecule is Cc1cnc(CNC(=O)C2=NOC3(CCN(Cc4cccc(F)c4)C3)C2)cn1. The fraction of sp³-hybridized carbons (Fsp3) is 0.400. The van der Waals surface area contributed by atoms with E-state index in [9.17, 15) is 9.18 Å². The van der Waals surface area contributed by atoms with Crippen molar-refractivity contribution in [3.8, 4) is 0 Å². The van der Waals surface area contributed by atoms with E-state index in [1.807, 2.05) is 13.0 Å². The van der Waals surface area contributed by atoms with Gasteiger partial charge in [-0.05, 0) is 24.6 Å². The number of rotatable bonds is 5. The first-order valence-electron chi connectivity index (χ1n) is 9.29. The normalized spacial score (nSPS) is 21.6. The summed E-state index contributed by atoms with van der Waals surface area (Å²) in [6, 6.07) is 6.61. The van der Waals surface area contributed by atoms with Gasteiger partial charge in [-0.15, -0.1) is 0 Å². The number of aryl methyl sites for hydroxylation is 1. The van der Waals surface area contributed by atoms with Gasteiger partial charge < -0.3 is 10.2 Å². The lowest BCUT2D eigenvalue weighted by atomic mass is 9.96. The molecule has 0 bridgehead atoms. The molecule has 8 heteroatoms. The summed E-state index contributed by atoms with van der Waals surface area (Å²) in [7, 11) is 0. The van der Waals surface area contributed by atoms with Crippen molar-refractivity contribution >= 4 is 11.6 Å². The van der Waals surface area contributed by atoms with E-state index >= 15 is 0 Å². The van der Waals surface area contributed by atoms with Crippen molar-refractivity contribution in [1.82, 2.24) is 20.2 Å². The Bertz CT molecular complexity index is 902. The number of nitrogens with one attached hydrogen (secondary N) is 1. The van der Waals surface area contributed by atoms with Crippen LogP contribution in [-0.4, -0.2) is 45.2 Å². The second-order valence-corrected chi connectivity index (χ2v) is 7.41. The summed E-state index contributed by atoms with van der Waals surface area (Å²) in [5.74, 6) is -0.480. The minimum Gasteiger partial charge on any atom is -0.387 e. The molecular formula is C20H22FN5O2. The average Bonchev–Trinajstić information content (AvgIpc) is 3.28. The molecular weight excluding hydrogens is 361 g/mol. The highest BCUT2D eigenvalue weighted by molar-refractivity contribution is 6.39. The standard InChI is InChI=1S/C20H22FN5O2/c1-14-9-23-17(10-22-14)11-24-19(27)18-8-20(28-25-18)5-6-26(13-20)12-15-3-2-4-16(21)7-15/h2-4,7,9-10H,5-6,8,11-13H2,1H3,(H,24,27). The van der Waals surface area contributed by atoms with E-state index in [0.717, 1.165) is 24.2 Å². The summed E-state index contributed by atoms with van der Waals surface area (Å²) in [6.07, 6.45) is 4.56. The summed E-state index contributed by atoms with van der Waals surface area (Å²) in [4.78, 5) is 28.7. The highest BCUT2D eigenvalue weighted by atomic mass is 19.1. The van der Waals surface area contributed by atoms with Crippen molar-refractivity contribution in [2.75, 3.05) is 13.1 Å². The van der Waals surface area contributed by atoms with Gasteiger partial charge in [0, 0.05) is 38.7 Å². The van der Waals surface area contributed by atoms with E-state index in [-0.39, 0.29) is 11.7 Å². The second kappa shape index (κ2) is 7.63. The first-order chi connectivity index (χ1) is 13.5. The Morgan fingerprint density at radius 1 is 1.36 bits per heavy atom. The minimum atomic E-state index is -0.469. The number of likely N-dealkylation sites (tertiary alicyclic amines) is 1. The van der Waals surface area contributed by atoms with E-state index in [4.69, 9.17) is 4.84 Å². The number of amides is 1. The van der Waals surface area contributed by atoms with Gasteiger partial charge in [0.1, 0.15) is 11.5 Å². The van der Waals surface area contributed by atoms with E-state index in [2.05, 4.69) is 25.3 Å². The highest BCUT2D eigenvalue weighted by Crippen LogP contribution is 2.34. The molecule has 0 saturated carbocycles. The molecule has 1 amide bonds. The van der Waals surface area contributed by atoms with Crippen LogP contribution in [0.1, 0.15) is 29.8 Å². The monoisotopic (exact) mass is 383 g/mol. The Kier molecular flexibility index (Phi) is 5.04. The Balaban J connectivity index is 1.29. The first kappa shape index (κ1) is 18.5. The summed E-state index contributed by atoms with van der Waals surface area (Å²) >= 11 is 0. The van der Waals surface area contributed by atoms with E-state index in [1.165, 1.54) is 6.07 Å². The number of hydrogen-bond acceptors (Lipinski definition) is 6. The molecule has 3 heterocycles. The smallest absolute Gasteiger partial charge is 0.269 e. The van der Waals surface area contributed by atoms with Crippen molar-refractivity contribution in [3.05, 3.63) is 59.4 Å². The van der Waals surface area contributed by atoms with Crippen LogP contribution >= 0.6 is 0 Å². The van der Waals surface area contributed by atoms with Crippen LogP contribution in [0.25, 0.3) is 0 Å². The first-order valence-corrected chi connectivity index (χ1v) is 9.29. The van der Waals surface area contributed by atoms with Gasteiger partial charge in [0.2, 0.25) is 0 Å². The van der Waals surface area contributed by atoms with Crippen LogP contribution in [-0.2, 0) is 22.7 Å². The number of halogens is 1. The van der Waals surface area contributed by atoms with Crippen LogP contribution in [0.5, 0.6) is 0 Å². The maximum Gasteiger partial charge on any atom is 0.269 e. The molecule has 1 saturated heterocycles. The molecule has 146 valence electrons. The number of carbonyl (C=O) groups excluding carboxylic acids is 1. The number of oxime groups is 1. The zero-order chi connectivity index (χ0) is 19.6. The third kappa shape index (κ3) is 4.17. The lowest BCUT2D eigenvalue weighted by Gasteiger charge is -2.21. The number of hydrogen-bond donors (Lipinski definition) is 1. The molecule has 7 nitrogen and oxygen atoms in total. The molecule has 1 fully saturated rings. The molecule has 1 spiro atoms. The van der Waals surface area contributed by atoms with Gasteiger partial charge in [0.15, 0.2) is 5.60 Å². The van der Waals surface area contributed by atoms with Crippen LogP contribution in [0.15, 0.2) is 41.8 Å². The summed E-state index contributed by atoms with van der Waals surface area (Å²) in [6.45, 7) is 4.28. The lowest BCUT2D eigenvalue weighted by molar-refractivity contribution is -0.115. The van der Waals surface area contributed by atoms with E-state index in [1.54, 1.807) is 24.5 Å². The summed E-state index contributed by atoms with van der Waals surface area (Å²) in [5, 5.41) is 6.85. The maximum absolute atomic E-state index is 13.4. The van der Waals surface area contributed by atoms with Gasteiger partial charge in [0.25, 0.3) is 5.91 Å². The molecule has 1 N–H and O–H groups in total. The number of benzene rings is 1. The maximum atomic E-state index is 13.4. The Labute approximate surface area is 162 Å². The Morgan fingerprint density at radius 2 is 2.25 bits per heavy atom. The third-order valence-electron chi connectivity index (χ3n) is 5.06. The number of aromatic nitrogens is 2. The van der Waals surface area contributed by atoms with Crippen LogP contribution in [0.2, 0.25) is 0 Å². The third-order valence-corrected chi connectivity index (χ3v) is 5.06. The Hall–Kier alpha value is -2.87. The van der Waals surface area contributed by atoms with Gasteiger partial charge in [-0.3, -0.25) is 19.7 Å². The van der Waals surface area contributed by atoms with Gasteiger partial charge in [-0.1, -0.05) is 17.3 Å². The van der Waals surface area contributed by atoms with Crippen LogP contribution in [0.4, 0.5) is 4.39 Å². The lowest BCUT2D eigenvalue weighted by Crippen LogP contribution is -2.36. The predicted molar refractivity (Wildman–Crippen MR) is 101 cm³/mol. The molecule has 1 aromatic carbocycles. The topological polar surface area (TPSA) is 79.7 Å². The summed E-state index contributed by atoms with van der Waals surface area (Å²) in [5.41, 5.74) is 2.37. The molecule has 0 radical (unpaired) electrons. The van der Waals surface area contributed by atoms with Crippen molar-refractivity contribution in [2.45, 2.75) is 38.5 Å². The van der Waals surface area contributed by atoms with Gasteiger partial charge in [0.05, 0.1) is 24.1 Å². The zero-order valence-corrected chi connectivity index (χ0v) is 15.7. The van der Waals surface area contributed by atoms with Gasteiger partial charge in [-0.25, -0.2) is 4.39 Å². The van der Waals surface area contributed by atoms with Crippen molar-refractivity contribution in [1.29, 1.82) is 0 Å². The van der Waals surface area contributed by atoms with Gasteiger partial charge >= 0.3 is 0 Å². The fourth-order valence-electron chi connectivity index (χ4n) is 3.60. The van der Waals surface area contributed by atoms with Gasteiger partial charge in [-0.2, -0.15) is 0 Å². The molecule has 4 rings (SSSR count). The summed E-state index contributed by atoms with van der Waals surface area (Å²) < 4.78 is 13.4. The molecule has 0 aliphatic carbocycles. The number of nitrogens with zero attached hydrogens (tertiary/aromatic N) is 4. The molecule has 2 aliphatic heterocycles. The minimum absolute atomic E-state index is 0.232. The van der Waals surface area contributed by atoms with Crippen LogP contribution in [0, 0.1) is 12.7 Å². The van der Waals surface area contributed by atoms with E-state index < -0.39 is 5.60 Å². The van der Waals surface area contributed by atoms with Crippen molar-refractivity contribution in [3.63, 3.8) is 0 Å². The second-order valence-electron chi connectivity index (χ2n) is 7.41. The largest absolute Gasteiger partial charge is 0.387 e. The molecule has 2 aliphatic rings. The molecule has 2 aromatic rings. The van der Waals surface area contributed by atoms with E-state index in [0.29, 0.717) is 37.5 Å². The van der Waals surface area contributed by atoms with Crippen molar-refractivity contribution in [2.24, 2.45) is 5.16 Å². The fourth-order valence-corrected chi connectivity index (χ4v) is 3.60.